The number of benzene rings is 2. The van der Waals surface area contributed by atoms with Crippen LogP contribution < -0.4 is 19.5 Å². The van der Waals surface area contributed by atoms with E-state index in [0.717, 1.165) is 11.3 Å². The molecule has 0 radical (unpaired) electrons. The van der Waals surface area contributed by atoms with Gasteiger partial charge >= 0.3 is 6.03 Å². The lowest BCUT2D eigenvalue weighted by atomic mass is 10.2. The van der Waals surface area contributed by atoms with E-state index in [2.05, 4.69) is 5.32 Å². The second-order valence-corrected chi connectivity index (χ2v) is 6.91. The molecule has 138 valence electrons. The zero-order chi connectivity index (χ0) is 18.5. The lowest BCUT2D eigenvalue weighted by Gasteiger charge is -2.25. The van der Waals surface area contributed by atoms with Gasteiger partial charge in [-0.2, -0.15) is 0 Å². The van der Waals surface area contributed by atoms with Crippen molar-refractivity contribution in [3.63, 3.8) is 0 Å². The van der Waals surface area contributed by atoms with Gasteiger partial charge in [0.1, 0.15) is 22.6 Å². The van der Waals surface area contributed by atoms with Gasteiger partial charge in [0.2, 0.25) is 0 Å². The van der Waals surface area contributed by atoms with Crippen LogP contribution >= 0.6 is 11.8 Å². The third kappa shape index (κ3) is 3.99. The number of nitrogens with one attached hydrogen (secondary N) is 1. The second kappa shape index (κ2) is 8.23. The molecule has 26 heavy (non-hydrogen) atoms. The van der Waals surface area contributed by atoms with Crippen molar-refractivity contribution in [1.29, 1.82) is 0 Å². The third-order valence-corrected chi connectivity index (χ3v) is 5.39. The van der Waals surface area contributed by atoms with Gasteiger partial charge in [-0.25, -0.2) is 4.79 Å². The van der Waals surface area contributed by atoms with Crippen LogP contribution in [0.3, 0.4) is 0 Å². The van der Waals surface area contributed by atoms with Gasteiger partial charge in [-0.1, -0.05) is 6.07 Å². The van der Waals surface area contributed by atoms with E-state index in [0.29, 0.717) is 29.5 Å². The molecule has 1 unspecified atom stereocenters. The van der Waals surface area contributed by atoms with Gasteiger partial charge in [0.25, 0.3) is 0 Å². The van der Waals surface area contributed by atoms with Gasteiger partial charge in [0.15, 0.2) is 0 Å². The van der Waals surface area contributed by atoms with Crippen molar-refractivity contribution in [1.82, 2.24) is 4.90 Å². The SMILES string of the molecule is COc1cccc(NC(=O)N2CCSC2c2cc(OC)cc(OC)c2)c1. The Bertz CT molecular complexity index is 762. The average Bonchev–Trinajstić information content (AvgIpc) is 3.17. The molecule has 1 N–H and O–H groups in total. The summed E-state index contributed by atoms with van der Waals surface area (Å²) >= 11 is 1.72. The van der Waals surface area contributed by atoms with E-state index in [9.17, 15) is 4.79 Å². The first-order valence-electron chi connectivity index (χ1n) is 8.21. The molecular weight excluding hydrogens is 352 g/mol. The van der Waals surface area contributed by atoms with E-state index < -0.39 is 0 Å². The first-order chi connectivity index (χ1) is 12.6. The number of hydrogen-bond acceptors (Lipinski definition) is 5. The van der Waals surface area contributed by atoms with Crippen molar-refractivity contribution in [2.75, 3.05) is 38.9 Å². The number of carbonyl (C=O) groups excluding carboxylic acids is 1. The molecular formula is C19H22N2O4S. The number of methoxy groups -OCH3 is 3. The Morgan fingerprint density at radius 3 is 2.38 bits per heavy atom. The molecule has 2 aromatic rings. The fraction of sp³-hybridized carbons (Fsp3) is 0.316. The van der Waals surface area contributed by atoms with Crippen LogP contribution in [0.5, 0.6) is 17.2 Å². The number of carbonyl (C=O) groups is 1. The van der Waals surface area contributed by atoms with Crippen molar-refractivity contribution >= 4 is 23.5 Å². The standard InChI is InChI=1S/C19H22N2O4S/c1-23-15-6-4-5-14(11-15)20-19(22)21-7-8-26-18(21)13-9-16(24-2)12-17(10-13)25-3/h4-6,9-12,18H,7-8H2,1-3H3,(H,20,22). The number of thioether (sulfide) groups is 1. The zero-order valence-corrected chi connectivity index (χ0v) is 15.8. The van der Waals surface area contributed by atoms with Gasteiger partial charge in [-0.3, -0.25) is 0 Å². The number of anilines is 1. The van der Waals surface area contributed by atoms with Gasteiger partial charge in [0, 0.05) is 30.1 Å². The molecule has 2 amide bonds. The van der Waals surface area contributed by atoms with Crippen molar-refractivity contribution < 1.29 is 19.0 Å². The maximum absolute atomic E-state index is 12.8. The van der Waals surface area contributed by atoms with Crippen LogP contribution in [0.2, 0.25) is 0 Å². The van der Waals surface area contributed by atoms with Crippen LogP contribution in [-0.2, 0) is 0 Å². The van der Waals surface area contributed by atoms with Crippen LogP contribution in [0.15, 0.2) is 42.5 Å². The molecule has 0 spiro atoms. The van der Waals surface area contributed by atoms with Crippen LogP contribution in [-0.4, -0.2) is 44.6 Å². The van der Waals surface area contributed by atoms with Gasteiger partial charge in [-0.05, 0) is 29.8 Å². The van der Waals surface area contributed by atoms with E-state index in [4.69, 9.17) is 14.2 Å². The molecule has 1 fully saturated rings. The third-order valence-electron chi connectivity index (χ3n) is 4.13. The summed E-state index contributed by atoms with van der Waals surface area (Å²) in [6.07, 6.45) is 0. The summed E-state index contributed by atoms with van der Waals surface area (Å²) in [5, 5.41) is 2.85. The smallest absolute Gasteiger partial charge is 0.323 e. The van der Waals surface area contributed by atoms with Crippen LogP contribution in [0.4, 0.5) is 10.5 Å². The Kier molecular flexibility index (Phi) is 5.78. The Labute approximate surface area is 157 Å². The summed E-state index contributed by atoms with van der Waals surface area (Å²) < 4.78 is 15.9. The first kappa shape index (κ1) is 18.3. The van der Waals surface area contributed by atoms with E-state index in [1.807, 2.05) is 41.3 Å². The number of rotatable bonds is 5. The van der Waals surface area contributed by atoms with Gasteiger partial charge in [-0.15, -0.1) is 11.8 Å². The quantitative estimate of drug-likeness (QED) is 0.857. The van der Waals surface area contributed by atoms with Crippen LogP contribution in [0.25, 0.3) is 0 Å². The maximum atomic E-state index is 12.8. The minimum Gasteiger partial charge on any atom is -0.497 e. The first-order valence-corrected chi connectivity index (χ1v) is 9.25. The highest BCUT2D eigenvalue weighted by atomic mass is 32.2. The van der Waals surface area contributed by atoms with Gasteiger partial charge in [0.05, 0.1) is 21.3 Å². The van der Waals surface area contributed by atoms with Crippen LogP contribution in [0, 0.1) is 0 Å². The lowest BCUT2D eigenvalue weighted by molar-refractivity contribution is 0.214. The normalized spacial score (nSPS) is 16.3. The van der Waals surface area contributed by atoms with E-state index in [1.54, 1.807) is 39.2 Å². The highest BCUT2D eigenvalue weighted by Gasteiger charge is 2.31. The Morgan fingerprint density at radius 2 is 1.73 bits per heavy atom. The summed E-state index contributed by atoms with van der Waals surface area (Å²) in [6.45, 7) is 0.671. The summed E-state index contributed by atoms with van der Waals surface area (Å²) in [4.78, 5) is 14.6. The minimum absolute atomic E-state index is 0.0930. The Balaban J connectivity index is 1.80. The fourth-order valence-corrected chi connectivity index (χ4v) is 4.06. The molecule has 0 aromatic heterocycles. The lowest BCUT2D eigenvalue weighted by Crippen LogP contribution is -2.34. The molecule has 0 saturated carbocycles. The molecule has 1 aliphatic heterocycles. The molecule has 6 nitrogen and oxygen atoms in total. The summed E-state index contributed by atoms with van der Waals surface area (Å²) in [6, 6.07) is 12.9. The highest BCUT2D eigenvalue weighted by molar-refractivity contribution is 7.99. The predicted octanol–water partition coefficient (Wildman–Crippen LogP) is 3.99. The Hall–Kier alpha value is -2.54. The molecule has 1 heterocycles. The van der Waals surface area contributed by atoms with E-state index in [-0.39, 0.29) is 11.4 Å². The maximum Gasteiger partial charge on any atom is 0.323 e. The van der Waals surface area contributed by atoms with Crippen molar-refractivity contribution in [2.24, 2.45) is 0 Å². The number of urea groups is 1. The molecule has 7 heteroatoms. The number of amides is 2. The molecule has 3 rings (SSSR count). The number of ether oxygens (including phenoxy) is 3. The van der Waals surface area contributed by atoms with Crippen LogP contribution in [0.1, 0.15) is 10.9 Å². The fourth-order valence-electron chi connectivity index (χ4n) is 2.82. The van der Waals surface area contributed by atoms with Crippen molar-refractivity contribution in [3.05, 3.63) is 48.0 Å². The average molecular weight is 374 g/mol. The van der Waals surface area contributed by atoms with Crippen molar-refractivity contribution in [2.45, 2.75) is 5.37 Å². The molecule has 1 aliphatic rings. The van der Waals surface area contributed by atoms with E-state index >= 15 is 0 Å². The summed E-state index contributed by atoms with van der Waals surface area (Å²) in [7, 11) is 4.84. The summed E-state index contributed by atoms with van der Waals surface area (Å²) in [5.41, 5.74) is 1.68. The molecule has 0 bridgehead atoms. The van der Waals surface area contributed by atoms with Crippen molar-refractivity contribution in [3.8, 4) is 17.2 Å². The topological polar surface area (TPSA) is 60.0 Å². The largest absolute Gasteiger partial charge is 0.497 e. The minimum atomic E-state index is -0.143. The van der Waals surface area contributed by atoms with Gasteiger partial charge < -0.3 is 24.4 Å². The monoisotopic (exact) mass is 374 g/mol. The highest BCUT2D eigenvalue weighted by Crippen LogP contribution is 2.40. The van der Waals surface area contributed by atoms with E-state index in [1.165, 1.54) is 0 Å². The zero-order valence-electron chi connectivity index (χ0n) is 15.0. The Morgan fingerprint density at radius 1 is 1.04 bits per heavy atom. The molecule has 2 aromatic carbocycles. The summed E-state index contributed by atoms with van der Waals surface area (Å²) in [5.74, 6) is 2.99. The molecule has 1 atom stereocenters. The molecule has 1 saturated heterocycles. The predicted molar refractivity (Wildman–Crippen MR) is 103 cm³/mol. The molecule has 0 aliphatic carbocycles. The number of hydrogen-bond donors (Lipinski definition) is 1. The number of nitrogens with zero attached hydrogens (tertiary/aromatic N) is 1. The second-order valence-electron chi connectivity index (χ2n) is 5.72.